The Kier molecular flexibility index (Phi) is 6.12. The lowest BCUT2D eigenvalue weighted by Crippen LogP contribution is -2.29. The average Bonchev–Trinajstić information content (AvgIpc) is 3.08. The lowest BCUT2D eigenvalue weighted by Gasteiger charge is -2.25. The first-order chi connectivity index (χ1) is 15.6. The highest BCUT2D eigenvalue weighted by molar-refractivity contribution is 6.46. The number of carbonyl (C=O) groups excluding carboxylic acids is 2. The highest BCUT2D eigenvalue weighted by atomic mass is 16.5. The van der Waals surface area contributed by atoms with E-state index in [0.717, 1.165) is 5.56 Å². The maximum absolute atomic E-state index is 13.1. The van der Waals surface area contributed by atoms with Crippen molar-refractivity contribution in [1.29, 1.82) is 0 Å². The van der Waals surface area contributed by atoms with Crippen LogP contribution in [0.3, 0.4) is 0 Å². The molecule has 4 rings (SSSR count). The molecule has 1 aliphatic rings. The number of aliphatic hydroxyl groups is 1. The second kappa shape index (κ2) is 9.31. The first-order valence-corrected chi connectivity index (χ1v) is 10.2. The zero-order valence-corrected chi connectivity index (χ0v) is 17.3. The van der Waals surface area contributed by atoms with Gasteiger partial charge in [0.1, 0.15) is 18.1 Å². The van der Waals surface area contributed by atoms with Crippen molar-refractivity contribution in [3.8, 4) is 5.75 Å². The van der Waals surface area contributed by atoms with Gasteiger partial charge in [-0.25, -0.2) is 0 Å². The third kappa shape index (κ3) is 4.16. The normalized spacial score (nSPS) is 17.4. The van der Waals surface area contributed by atoms with Crippen LogP contribution in [0.25, 0.3) is 5.76 Å². The van der Waals surface area contributed by atoms with Gasteiger partial charge in [-0.05, 0) is 35.4 Å². The molecule has 2 aromatic carbocycles. The van der Waals surface area contributed by atoms with Crippen molar-refractivity contribution in [1.82, 2.24) is 9.88 Å². The van der Waals surface area contributed by atoms with Gasteiger partial charge in [-0.3, -0.25) is 14.6 Å². The number of ether oxygens (including phenoxy) is 1. The summed E-state index contributed by atoms with van der Waals surface area (Å²) in [5.74, 6) is -1.04. The Bertz CT molecular complexity index is 1170. The molecule has 0 bridgehead atoms. The van der Waals surface area contributed by atoms with Crippen LogP contribution in [0.4, 0.5) is 0 Å². The minimum atomic E-state index is -0.768. The summed E-state index contributed by atoms with van der Waals surface area (Å²) in [6.45, 7) is 4.20. The zero-order chi connectivity index (χ0) is 22.5. The van der Waals surface area contributed by atoms with E-state index in [1.54, 1.807) is 36.4 Å². The number of aromatic nitrogens is 1. The lowest BCUT2D eigenvalue weighted by atomic mass is 9.95. The molecular formula is C26H22N2O4. The molecule has 1 amide bonds. The maximum Gasteiger partial charge on any atom is 0.295 e. The monoisotopic (exact) mass is 426 g/mol. The number of amides is 1. The van der Waals surface area contributed by atoms with Crippen LogP contribution in [0.15, 0.2) is 97.4 Å². The number of carbonyl (C=O) groups is 2. The molecule has 3 aromatic rings. The summed E-state index contributed by atoms with van der Waals surface area (Å²) in [5, 5.41) is 11.0. The highest BCUT2D eigenvalue weighted by Crippen LogP contribution is 2.41. The van der Waals surface area contributed by atoms with Crippen molar-refractivity contribution in [2.75, 3.05) is 6.61 Å². The summed E-state index contributed by atoms with van der Waals surface area (Å²) >= 11 is 0. The number of ketones is 1. The zero-order valence-electron chi connectivity index (χ0n) is 17.3. The Morgan fingerprint density at radius 3 is 2.53 bits per heavy atom. The number of aliphatic hydroxyl groups excluding tert-OH is 1. The summed E-state index contributed by atoms with van der Waals surface area (Å²) in [6.07, 6.45) is 4.68. The molecule has 160 valence electrons. The third-order valence-corrected chi connectivity index (χ3v) is 5.23. The van der Waals surface area contributed by atoms with E-state index in [2.05, 4.69) is 11.6 Å². The fraction of sp³-hybridized carbons (Fsp3) is 0.115. The molecule has 1 aromatic heterocycles. The SMILES string of the molecule is C=CCOc1cccc(C2/C(=C(\O)c3ccncc3)C(=O)C(=O)N2Cc2ccccc2)c1. The second-order valence-corrected chi connectivity index (χ2v) is 7.32. The Balaban J connectivity index is 1.84. The van der Waals surface area contributed by atoms with Gasteiger partial charge in [0.05, 0.1) is 11.6 Å². The number of benzene rings is 2. The smallest absolute Gasteiger partial charge is 0.295 e. The van der Waals surface area contributed by atoms with Gasteiger partial charge in [0.2, 0.25) is 0 Å². The number of hydrogen-bond donors (Lipinski definition) is 1. The van der Waals surface area contributed by atoms with Gasteiger partial charge in [-0.1, -0.05) is 55.1 Å². The fourth-order valence-corrected chi connectivity index (χ4v) is 3.76. The average molecular weight is 426 g/mol. The van der Waals surface area contributed by atoms with Crippen molar-refractivity contribution in [3.63, 3.8) is 0 Å². The second-order valence-electron chi connectivity index (χ2n) is 7.32. The van der Waals surface area contributed by atoms with Gasteiger partial charge >= 0.3 is 0 Å². The molecule has 1 aliphatic heterocycles. The number of hydrogen-bond acceptors (Lipinski definition) is 5. The molecule has 0 aliphatic carbocycles. The minimum Gasteiger partial charge on any atom is -0.507 e. The Morgan fingerprint density at radius 2 is 1.81 bits per heavy atom. The first kappa shape index (κ1) is 21.1. The predicted octanol–water partition coefficient (Wildman–Crippen LogP) is 4.27. The van der Waals surface area contributed by atoms with Crippen molar-refractivity contribution in [3.05, 3.63) is 114 Å². The molecular weight excluding hydrogens is 404 g/mol. The third-order valence-electron chi connectivity index (χ3n) is 5.23. The van der Waals surface area contributed by atoms with Gasteiger partial charge in [0.25, 0.3) is 11.7 Å². The largest absolute Gasteiger partial charge is 0.507 e. The molecule has 0 saturated carbocycles. The van der Waals surface area contributed by atoms with Crippen molar-refractivity contribution in [2.24, 2.45) is 0 Å². The van der Waals surface area contributed by atoms with E-state index in [4.69, 9.17) is 4.74 Å². The van der Waals surface area contributed by atoms with E-state index in [9.17, 15) is 14.7 Å². The van der Waals surface area contributed by atoms with Crippen LogP contribution in [-0.2, 0) is 16.1 Å². The number of likely N-dealkylation sites (tertiary alicyclic amines) is 1. The van der Waals surface area contributed by atoms with E-state index < -0.39 is 17.7 Å². The number of nitrogens with zero attached hydrogens (tertiary/aromatic N) is 2. The summed E-state index contributed by atoms with van der Waals surface area (Å²) < 4.78 is 5.65. The molecule has 1 N–H and O–H groups in total. The Labute approximate surface area is 186 Å². The molecule has 6 nitrogen and oxygen atoms in total. The van der Waals surface area contributed by atoms with E-state index in [1.165, 1.54) is 17.3 Å². The topological polar surface area (TPSA) is 79.7 Å². The van der Waals surface area contributed by atoms with Gasteiger partial charge in [0.15, 0.2) is 0 Å². The molecule has 2 heterocycles. The lowest BCUT2D eigenvalue weighted by molar-refractivity contribution is -0.140. The maximum atomic E-state index is 13.1. The van der Waals surface area contributed by atoms with Crippen LogP contribution in [0.2, 0.25) is 0 Å². The molecule has 6 heteroatoms. The summed E-state index contributed by atoms with van der Waals surface area (Å²) in [5.41, 5.74) is 2.00. The van der Waals surface area contributed by atoms with E-state index in [-0.39, 0.29) is 17.9 Å². The predicted molar refractivity (Wildman–Crippen MR) is 121 cm³/mol. The Hall–Kier alpha value is -4.19. The van der Waals surface area contributed by atoms with Crippen LogP contribution in [0, 0.1) is 0 Å². The number of Topliss-reactive ketones (excluding diaryl/α,β-unsaturated/α-hetero) is 1. The van der Waals surface area contributed by atoms with Gasteiger partial charge in [0, 0.05) is 24.5 Å². The first-order valence-electron chi connectivity index (χ1n) is 10.2. The molecule has 1 atom stereocenters. The van der Waals surface area contributed by atoms with E-state index in [0.29, 0.717) is 23.5 Å². The molecule has 1 saturated heterocycles. The molecule has 1 unspecified atom stereocenters. The molecule has 32 heavy (non-hydrogen) atoms. The number of rotatable bonds is 7. The molecule has 1 fully saturated rings. The van der Waals surface area contributed by atoms with Gasteiger partial charge in [-0.15, -0.1) is 0 Å². The summed E-state index contributed by atoms with van der Waals surface area (Å²) in [7, 11) is 0. The van der Waals surface area contributed by atoms with Crippen molar-refractivity contribution < 1.29 is 19.4 Å². The molecule has 0 radical (unpaired) electrons. The van der Waals surface area contributed by atoms with Crippen LogP contribution in [0.5, 0.6) is 5.75 Å². The van der Waals surface area contributed by atoms with Gasteiger partial charge in [-0.2, -0.15) is 0 Å². The van der Waals surface area contributed by atoms with Crippen LogP contribution in [0.1, 0.15) is 22.7 Å². The fourth-order valence-electron chi connectivity index (χ4n) is 3.76. The van der Waals surface area contributed by atoms with Crippen molar-refractivity contribution in [2.45, 2.75) is 12.6 Å². The van der Waals surface area contributed by atoms with Gasteiger partial charge < -0.3 is 14.7 Å². The summed E-state index contributed by atoms with van der Waals surface area (Å²) in [4.78, 5) is 31.6. The van der Waals surface area contributed by atoms with Crippen LogP contribution < -0.4 is 4.74 Å². The summed E-state index contributed by atoms with van der Waals surface area (Å²) in [6, 6.07) is 19.0. The van der Waals surface area contributed by atoms with Crippen molar-refractivity contribution >= 4 is 17.4 Å². The number of pyridine rings is 1. The van der Waals surface area contributed by atoms with Crippen LogP contribution in [-0.4, -0.2) is 33.3 Å². The van der Waals surface area contributed by atoms with E-state index in [1.807, 2.05) is 36.4 Å². The molecule has 0 spiro atoms. The minimum absolute atomic E-state index is 0.0398. The van der Waals surface area contributed by atoms with Crippen LogP contribution >= 0.6 is 0 Å². The van der Waals surface area contributed by atoms with E-state index >= 15 is 0 Å². The Morgan fingerprint density at radius 1 is 1.06 bits per heavy atom. The highest BCUT2D eigenvalue weighted by Gasteiger charge is 2.46. The standard InChI is InChI=1S/C26H22N2O4/c1-2-15-32-21-10-6-9-20(16-21)23-22(24(29)19-11-13-27-14-12-19)25(30)26(31)28(23)17-18-7-4-3-5-8-18/h2-14,16,23,29H,1,15,17H2/b24-22+. The quantitative estimate of drug-likeness (QED) is 0.264.